The Balaban J connectivity index is 2.30. The lowest BCUT2D eigenvalue weighted by molar-refractivity contribution is 0.664. The second-order valence-corrected chi connectivity index (χ2v) is 5.84. The third-order valence-corrected chi connectivity index (χ3v) is 4.64. The molecule has 1 aromatic rings. The maximum Gasteiger partial charge on any atom is 0.0417 e. The Bertz CT molecular complexity index is 367. The van der Waals surface area contributed by atoms with Crippen LogP contribution in [0, 0.1) is 0 Å². The smallest absolute Gasteiger partial charge is 0.0417 e. The maximum atomic E-state index is 6.22. The lowest BCUT2D eigenvalue weighted by Gasteiger charge is -2.37. The highest BCUT2D eigenvalue weighted by molar-refractivity contribution is 7.99. The number of hydrogen-bond acceptors (Lipinski definition) is 3. The molecule has 1 fully saturated rings. The van der Waals surface area contributed by atoms with Crippen molar-refractivity contribution in [2.75, 3.05) is 23.0 Å². The fourth-order valence-electron chi connectivity index (χ4n) is 2.37. The van der Waals surface area contributed by atoms with Crippen molar-refractivity contribution in [3.8, 4) is 0 Å². The van der Waals surface area contributed by atoms with Crippen molar-refractivity contribution in [1.29, 1.82) is 0 Å². The highest BCUT2D eigenvalue weighted by Crippen LogP contribution is 2.30. The highest BCUT2D eigenvalue weighted by atomic mass is 32.2. The Labute approximate surface area is 109 Å². The summed E-state index contributed by atoms with van der Waals surface area (Å²) in [5.41, 5.74) is 8.86. The van der Waals surface area contributed by atoms with Crippen molar-refractivity contribution in [3.63, 3.8) is 0 Å². The van der Waals surface area contributed by atoms with E-state index < -0.39 is 0 Å². The summed E-state index contributed by atoms with van der Waals surface area (Å²) >= 11 is 2.05. The van der Waals surface area contributed by atoms with Crippen LogP contribution in [0.4, 0.5) is 5.69 Å². The third-order valence-electron chi connectivity index (χ3n) is 3.45. The van der Waals surface area contributed by atoms with Gasteiger partial charge in [0, 0.05) is 35.8 Å². The van der Waals surface area contributed by atoms with Crippen LogP contribution in [0.2, 0.25) is 0 Å². The predicted octanol–water partition coefficient (Wildman–Crippen LogP) is 3.04. The molecule has 2 atom stereocenters. The van der Waals surface area contributed by atoms with Crippen molar-refractivity contribution in [3.05, 3.63) is 29.8 Å². The quantitative estimate of drug-likeness (QED) is 0.894. The molecule has 0 spiro atoms. The maximum absolute atomic E-state index is 6.22. The Morgan fingerprint density at radius 1 is 1.47 bits per heavy atom. The van der Waals surface area contributed by atoms with E-state index in [4.69, 9.17) is 5.73 Å². The van der Waals surface area contributed by atoms with Gasteiger partial charge >= 0.3 is 0 Å². The highest BCUT2D eigenvalue weighted by Gasteiger charge is 2.22. The molecule has 3 heteroatoms. The molecule has 1 saturated heterocycles. The average molecular weight is 250 g/mol. The van der Waals surface area contributed by atoms with Crippen LogP contribution >= 0.6 is 11.8 Å². The van der Waals surface area contributed by atoms with E-state index in [2.05, 4.69) is 43.0 Å². The van der Waals surface area contributed by atoms with Gasteiger partial charge in [-0.05, 0) is 25.0 Å². The Hall–Kier alpha value is -0.670. The van der Waals surface area contributed by atoms with Crippen LogP contribution in [-0.4, -0.2) is 24.1 Å². The molecular weight excluding hydrogens is 228 g/mol. The number of benzene rings is 1. The zero-order valence-electron chi connectivity index (χ0n) is 10.7. The Morgan fingerprint density at radius 3 is 2.94 bits per heavy atom. The molecule has 0 bridgehead atoms. The van der Waals surface area contributed by atoms with Gasteiger partial charge in [-0.15, -0.1) is 0 Å². The van der Waals surface area contributed by atoms with Crippen LogP contribution in [0.3, 0.4) is 0 Å². The van der Waals surface area contributed by atoms with Gasteiger partial charge < -0.3 is 10.6 Å². The molecule has 2 rings (SSSR count). The number of thioether (sulfide) groups is 1. The molecule has 2 unspecified atom stereocenters. The van der Waals surface area contributed by atoms with Crippen molar-refractivity contribution in [1.82, 2.24) is 0 Å². The number of anilines is 1. The topological polar surface area (TPSA) is 29.3 Å². The van der Waals surface area contributed by atoms with Crippen LogP contribution in [-0.2, 0) is 0 Å². The lowest BCUT2D eigenvalue weighted by Crippen LogP contribution is -2.41. The molecule has 2 nitrogen and oxygen atoms in total. The average Bonchev–Trinajstić information content (AvgIpc) is 2.38. The van der Waals surface area contributed by atoms with Gasteiger partial charge in [0.1, 0.15) is 0 Å². The van der Waals surface area contributed by atoms with E-state index in [1.54, 1.807) is 0 Å². The molecule has 1 aliphatic rings. The summed E-state index contributed by atoms with van der Waals surface area (Å²) in [4.78, 5) is 2.52. The summed E-state index contributed by atoms with van der Waals surface area (Å²) in [5, 5.41) is 0. The van der Waals surface area contributed by atoms with Gasteiger partial charge in [-0.1, -0.05) is 25.1 Å². The van der Waals surface area contributed by atoms with E-state index >= 15 is 0 Å². The van der Waals surface area contributed by atoms with E-state index in [0.29, 0.717) is 6.04 Å². The van der Waals surface area contributed by atoms with Gasteiger partial charge in [0.05, 0.1) is 0 Å². The minimum atomic E-state index is 0.160. The molecule has 1 aromatic carbocycles. The number of nitrogens with zero attached hydrogens (tertiary/aromatic N) is 1. The Morgan fingerprint density at radius 2 is 2.24 bits per heavy atom. The van der Waals surface area contributed by atoms with E-state index in [1.807, 2.05) is 11.8 Å². The van der Waals surface area contributed by atoms with E-state index in [-0.39, 0.29) is 6.04 Å². The fourth-order valence-corrected chi connectivity index (χ4v) is 3.38. The van der Waals surface area contributed by atoms with Crippen LogP contribution in [0.25, 0.3) is 0 Å². The normalized spacial score (nSPS) is 22.5. The first-order chi connectivity index (χ1) is 8.24. The second kappa shape index (κ2) is 5.78. The third kappa shape index (κ3) is 2.78. The summed E-state index contributed by atoms with van der Waals surface area (Å²) in [7, 11) is 0. The van der Waals surface area contributed by atoms with E-state index in [9.17, 15) is 0 Å². The molecular formula is C14H22N2S. The van der Waals surface area contributed by atoms with Gasteiger partial charge in [-0.25, -0.2) is 0 Å². The van der Waals surface area contributed by atoms with Gasteiger partial charge in [0.25, 0.3) is 0 Å². The van der Waals surface area contributed by atoms with Crippen LogP contribution in [0.1, 0.15) is 31.9 Å². The SMILES string of the molecule is CCC(N)c1ccccc1N1CCSCC1C. The molecule has 2 N–H and O–H groups in total. The minimum Gasteiger partial charge on any atom is -0.367 e. The van der Waals surface area contributed by atoms with Gasteiger partial charge in [-0.3, -0.25) is 0 Å². The number of hydrogen-bond donors (Lipinski definition) is 1. The first-order valence-corrected chi connectivity index (χ1v) is 7.58. The predicted molar refractivity (Wildman–Crippen MR) is 77.8 cm³/mol. The Kier molecular flexibility index (Phi) is 4.35. The molecule has 0 aliphatic carbocycles. The minimum absolute atomic E-state index is 0.160. The molecule has 0 radical (unpaired) electrons. The standard InChI is InChI=1S/C14H22N2S/c1-3-13(15)12-6-4-5-7-14(12)16-8-9-17-10-11(16)2/h4-7,11,13H,3,8-10,15H2,1-2H3. The molecule has 0 aromatic heterocycles. The van der Waals surface area contributed by atoms with Gasteiger partial charge in [0.15, 0.2) is 0 Å². The van der Waals surface area contributed by atoms with E-state index in [0.717, 1.165) is 13.0 Å². The first-order valence-electron chi connectivity index (χ1n) is 6.43. The molecule has 17 heavy (non-hydrogen) atoms. The van der Waals surface area contributed by atoms with Crippen LogP contribution in [0.5, 0.6) is 0 Å². The van der Waals surface area contributed by atoms with Crippen molar-refractivity contribution >= 4 is 17.4 Å². The largest absolute Gasteiger partial charge is 0.367 e. The van der Waals surface area contributed by atoms with Gasteiger partial charge in [0.2, 0.25) is 0 Å². The summed E-state index contributed by atoms with van der Waals surface area (Å²) in [6.45, 7) is 5.59. The first kappa shape index (κ1) is 12.8. The zero-order chi connectivity index (χ0) is 12.3. The fraction of sp³-hybridized carbons (Fsp3) is 0.571. The molecule has 1 aliphatic heterocycles. The number of para-hydroxylation sites is 1. The van der Waals surface area contributed by atoms with E-state index in [1.165, 1.54) is 22.8 Å². The molecule has 0 saturated carbocycles. The van der Waals surface area contributed by atoms with Crippen LogP contribution in [0.15, 0.2) is 24.3 Å². The molecule has 0 amide bonds. The summed E-state index contributed by atoms with van der Waals surface area (Å²) in [5.74, 6) is 2.44. The van der Waals surface area contributed by atoms with Crippen molar-refractivity contribution in [2.24, 2.45) is 5.73 Å². The van der Waals surface area contributed by atoms with Gasteiger partial charge in [-0.2, -0.15) is 11.8 Å². The van der Waals surface area contributed by atoms with Crippen LogP contribution < -0.4 is 10.6 Å². The second-order valence-electron chi connectivity index (χ2n) is 4.69. The van der Waals surface area contributed by atoms with Crippen molar-refractivity contribution < 1.29 is 0 Å². The van der Waals surface area contributed by atoms with Crippen molar-refractivity contribution in [2.45, 2.75) is 32.4 Å². The molecule has 1 heterocycles. The lowest BCUT2D eigenvalue weighted by atomic mass is 10.0. The number of nitrogens with two attached hydrogens (primary N) is 1. The zero-order valence-corrected chi connectivity index (χ0v) is 11.5. The summed E-state index contributed by atoms with van der Waals surface area (Å²) < 4.78 is 0. The monoisotopic (exact) mass is 250 g/mol. The summed E-state index contributed by atoms with van der Waals surface area (Å²) in [6, 6.07) is 9.38. The number of rotatable bonds is 3. The molecule has 94 valence electrons. The summed E-state index contributed by atoms with van der Waals surface area (Å²) in [6.07, 6.45) is 0.994.